The van der Waals surface area contributed by atoms with Crippen molar-refractivity contribution in [2.24, 2.45) is 0 Å². The molecule has 0 aliphatic carbocycles. The summed E-state index contributed by atoms with van der Waals surface area (Å²) in [6, 6.07) is 40.9. The zero-order valence-electron chi connectivity index (χ0n) is 20.9. The van der Waals surface area contributed by atoms with Gasteiger partial charge in [0.05, 0.1) is 11.4 Å². The summed E-state index contributed by atoms with van der Waals surface area (Å²) >= 11 is 0. The van der Waals surface area contributed by atoms with Gasteiger partial charge < -0.3 is 0 Å². The Hall–Kier alpha value is -4.30. The Morgan fingerprint density at radius 3 is 1.86 bits per heavy atom. The van der Waals surface area contributed by atoms with Gasteiger partial charge >= 0.3 is 0 Å². The van der Waals surface area contributed by atoms with E-state index >= 15 is 0 Å². The molecular formula is C34H28N2. The highest BCUT2D eigenvalue weighted by molar-refractivity contribution is 5.97. The van der Waals surface area contributed by atoms with Gasteiger partial charge in [0.1, 0.15) is 5.82 Å². The topological polar surface area (TPSA) is 25.8 Å². The van der Waals surface area contributed by atoms with E-state index in [0.717, 1.165) is 28.3 Å². The van der Waals surface area contributed by atoms with E-state index in [1.807, 2.05) is 0 Å². The van der Waals surface area contributed by atoms with Gasteiger partial charge in [0, 0.05) is 16.5 Å². The van der Waals surface area contributed by atoms with Crippen molar-refractivity contribution < 1.29 is 0 Å². The molecule has 0 spiro atoms. The second kappa shape index (κ2) is 8.73. The minimum atomic E-state index is -0.172. The van der Waals surface area contributed by atoms with Crippen LogP contribution in [0.25, 0.3) is 55.2 Å². The van der Waals surface area contributed by atoms with E-state index in [-0.39, 0.29) is 5.41 Å². The minimum absolute atomic E-state index is 0.172. The first-order valence-electron chi connectivity index (χ1n) is 12.4. The zero-order chi connectivity index (χ0) is 24.7. The normalized spacial score (nSPS) is 11.8. The van der Waals surface area contributed by atoms with Crippen LogP contribution in [0.3, 0.4) is 0 Å². The molecule has 36 heavy (non-hydrogen) atoms. The van der Waals surface area contributed by atoms with Crippen LogP contribution >= 0.6 is 0 Å². The summed E-state index contributed by atoms with van der Waals surface area (Å²) in [4.78, 5) is 10.1. The van der Waals surface area contributed by atoms with Crippen LogP contribution in [0, 0.1) is 0 Å². The number of rotatable bonds is 3. The first-order valence-corrected chi connectivity index (χ1v) is 12.4. The van der Waals surface area contributed by atoms with Gasteiger partial charge in [-0.15, -0.1) is 0 Å². The molecule has 0 saturated carbocycles. The van der Waals surface area contributed by atoms with E-state index in [2.05, 4.69) is 136 Å². The van der Waals surface area contributed by atoms with Crippen molar-refractivity contribution >= 4 is 21.5 Å². The van der Waals surface area contributed by atoms with E-state index in [1.54, 1.807) is 0 Å². The number of nitrogens with zero attached hydrogens (tertiary/aromatic N) is 2. The number of benzene rings is 5. The van der Waals surface area contributed by atoms with Gasteiger partial charge in [0.15, 0.2) is 0 Å². The number of hydrogen-bond acceptors (Lipinski definition) is 2. The Labute approximate surface area is 212 Å². The predicted octanol–water partition coefficient (Wildman–Crippen LogP) is 9.08. The predicted molar refractivity (Wildman–Crippen MR) is 152 cm³/mol. The Morgan fingerprint density at radius 1 is 0.472 bits per heavy atom. The van der Waals surface area contributed by atoms with Crippen LogP contribution in [0.15, 0.2) is 115 Å². The summed E-state index contributed by atoms with van der Waals surface area (Å²) in [6.07, 6.45) is 0. The maximum Gasteiger partial charge on any atom is 0.135 e. The van der Waals surface area contributed by atoms with Gasteiger partial charge in [-0.3, -0.25) is 0 Å². The Balaban J connectivity index is 1.51. The summed E-state index contributed by atoms with van der Waals surface area (Å²) in [6.45, 7) is 6.51. The number of fused-ring (bicyclic) bond motifs is 2. The molecule has 0 saturated heterocycles. The largest absolute Gasteiger partial charge is 0.232 e. The molecule has 6 aromatic rings. The standard InChI is InChI=1S/C34H28N2/c1-34(2,3)33-35-31(22-32(36-33)28-19-18-23-10-4-5-12-25(23)20-28)27-15-8-14-26(21-27)30-17-9-13-24-11-6-7-16-29(24)30/h4-22H,1-3H3. The third-order valence-corrected chi connectivity index (χ3v) is 6.70. The molecule has 0 bridgehead atoms. The summed E-state index contributed by atoms with van der Waals surface area (Å²) in [7, 11) is 0. The molecule has 0 amide bonds. The van der Waals surface area contributed by atoms with E-state index < -0.39 is 0 Å². The first-order chi connectivity index (χ1) is 17.5. The quantitative estimate of drug-likeness (QED) is 0.261. The lowest BCUT2D eigenvalue weighted by Crippen LogP contribution is -2.17. The van der Waals surface area contributed by atoms with Gasteiger partial charge in [-0.1, -0.05) is 118 Å². The van der Waals surface area contributed by atoms with Crippen molar-refractivity contribution in [1.82, 2.24) is 9.97 Å². The maximum atomic E-state index is 5.05. The molecule has 0 N–H and O–H groups in total. The van der Waals surface area contributed by atoms with Crippen molar-refractivity contribution in [2.45, 2.75) is 26.2 Å². The highest BCUT2D eigenvalue weighted by Crippen LogP contribution is 2.33. The Kier molecular flexibility index (Phi) is 5.38. The zero-order valence-corrected chi connectivity index (χ0v) is 20.9. The summed E-state index contributed by atoms with van der Waals surface area (Å²) < 4.78 is 0. The fourth-order valence-corrected chi connectivity index (χ4v) is 4.75. The fourth-order valence-electron chi connectivity index (χ4n) is 4.75. The fraction of sp³-hybridized carbons (Fsp3) is 0.118. The van der Waals surface area contributed by atoms with Gasteiger partial charge in [-0.25, -0.2) is 9.97 Å². The third-order valence-electron chi connectivity index (χ3n) is 6.70. The molecule has 5 aromatic carbocycles. The number of hydrogen-bond donors (Lipinski definition) is 0. The molecule has 6 rings (SSSR count). The van der Waals surface area contributed by atoms with Crippen molar-refractivity contribution in [3.05, 3.63) is 121 Å². The number of aromatic nitrogens is 2. The molecular weight excluding hydrogens is 436 g/mol. The van der Waals surface area contributed by atoms with E-state index in [9.17, 15) is 0 Å². The van der Waals surface area contributed by atoms with Crippen molar-refractivity contribution in [1.29, 1.82) is 0 Å². The lowest BCUT2D eigenvalue weighted by atomic mass is 9.93. The summed E-state index contributed by atoms with van der Waals surface area (Å²) in [5.41, 5.74) is 6.34. The van der Waals surface area contributed by atoms with Gasteiger partial charge in [0.2, 0.25) is 0 Å². The van der Waals surface area contributed by atoms with Crippen molar-refractivity contribution in [3.63, 3.8) is 0 Å². The molecule has 2 nitrogen and oxygen atoms in total. The highest BCUT2D eigenvalue weighted by atomic mass is 14.9. The van der Waals surface area contributed by atoms with Crippen LogP contribution < -0.4 is 0 Å². The summed E-state index contributed by atoms with van der Waals surface area (Å²) in [5.74, 6) is 0.846. The van der Waals surface area contributed by atoms with Crippen LogP contribution in [-0.2, 0) is 5.41 Å². The molecule has 1 heterocycles. The average Bonchev–Trinajstić information content (AvgIpc) is 2.92. The SMILES string of the molecule is CC(C)(C)c1nc(-c2cccc(-c3cccc4ccccc34)c2)cc(-c2ccc3ccccc3c2)n1. The van der Waals surface area contributed by atoms with Crippen LogP contribution in [0.5, 0.6) is 0 Å². The van der Waals surface area contributed by atoms with Crippen molar-refractivity contribution in [3.8, 4) is 33.6 Å². The molecule has 2 heteroatoms. The van der Waals surface area contributed by atoms with Gasteiger partial charge in [-0.05, 0) is 50.9 Å². The second-order valence-corrected chi connectivity index (χ2v) is 10.4. The molecule has 0 aliphatic heterocycles. The van der Waals surface area contributed by atoms with Crippen molar-refractivity contribution in [2.75, 3.05) is 0 Å². The van der Waals surface area contributed by atoms with Crippen LogP contribution in [0.4, 0.5) is 0 Å². The lowest BCUT2D eigenvalue weighted by molar-refractivity contribution is 0.547. The van der Waals surface area contributed by atoms with E-state index in [0.29, 0.717) is 0 Å². The third kappa shape index (κ3) is 4.16. The molecule has 1 aromatic heterocycles. The average molecular weight is 465 g/mol. The maximum absolute atomic E-state index is 5.05. The van der Waals surface area contributed by atoms with Crippen LogP contribution in [-0.4, -0.2) is 9.97 Å². The molecule has 0 unspecified atom stereocenters. The molecule has 174 valence electrons. The first kappa shape index (κ1) is 22.2. The van der Waals surface area contributed by atoms with E-state index in [4.69, 9.17) is 9.97 Å². The smallest absolute Gasteiger partial charge is 0.135 e. The molecule has 0 fully saturated rings. The molecule has 0 aliphatic rings. The summed E-state index contributed by atoms with van der Waals surface area (Å²) in [5, 5.41) is 4.95. The Morgan fingerprint density at radius 2 is 1.08 bits per heavy atom. The Bertz CT molecular complexity index is 1720. The van der Waals surface area contributed by atoms with Gasteiger partial charge in [0.25, 0.3) is 0 Å². The molecule has 0 radical (unpaired) electrons. The van der Waals surface area contributed by atoms with E-state index in [1.165, 1.54) is 32.7 Å². The minimum Gasteiger partial charge on any atom is -0.232 e. The highest BCUT2D eigenvalue weighted by Gasteiger charge is 2.20. The van der Waals surface area contributed by atoms with Crippen LogP contribution in [0.1, 0.15) is 26.6 Å². The second-order valence-electron chi connectivity index (χ2n) is 10.4. The van der Waals surface area contributed by atoms with Gasteiger partial charge in [-0.2, -0.15) is 0 Å². The van der Waals surface area contributed by atoms with Crippen LogP contribution in [0.2, 0.25) is 0 Å². The lowest BCUT2D eigenvalue weighted by Gasteiger charge is -2.19. The monoisotopic (exact) mass is 464 g/mol. The molecule has 0 atom stereocenters.